The van der Waals surface area contributed by atoms with Gasteiger partial charge in [0.15, 0.2) is 6.29 Å². The SMILES string of the molecule is CCCCc1c(C=O)n(C(C)CC)c(=O)n1Cc1ccc(-c2ccccc2-c2nn[nH]n2)cc1. The van der Waals surface area contributed by atoms with Gasteiger partial charge in [0.2, 0.25) is 5.82 Å². The zero-order valence-electron chi connectivity index (χ0n) is 19.9. The number of unbranched alkanes of at least 4 members (excludes halogenated alkanes) is 1. The van der Waals surface area contributed by atoms with Gasteiger partial charge in [-0.25, -0.2) is 4.79 Å². The largest absolute Gasteiger partial charge is 0.329 e. The molecule has 0 aliphatic heterocycles. The van der Waals surface area contributed by atoms with Gasteiger partial charge in [0, 0.05) is 11.6 Å². The van der Waals surface area contributed by atoms with Crippen molar-refractivity contribution in [3.8, 4) is 22.5 Å². The number of carbonyl (C=O) groups excluding carboxylic acids is 1. The van der Waals surface area contributed by atoms with Gasteiger partial charge in [-0.05, 0) is 48.1 Å². The molecule has 34 heavy (non-hydrogen) atoms. The molecule has 0 bridgehead atoms. The van der Waals surface area contributed by atoms with E-state index < -0.39 is 0 Å². The fraction of sp³-hybridized carbons (Fsp3) is 0.346. The van der Waals surface area contributed by atoms with Gasteiger partial charge in [-0.15, -0.1) is 10.2 Å². The zero-order valence-corrected chi connectivity index (χ0v) is 19.9. The van der Waals surface area contributed by atoms with Crippen LogP contribution in [0.5, 0.6) is 0 Å². The van der Waals surface area contributed by atoms with Gasteiger partial charge in [-0.3, -0.25) is 13.9 Å². The van der Waals surface area contributed by atoms with Crippen LogP contribution < -0.4 is 5.69 Å². The first kappa shape index (κ1) is 23.4. The van der Waals surface area contributed by atoms with Gasteiger partial charge < -0.3 is 0 Å². The Hall–Kier alpha value is -3.81. The maximum absolute atomic E-state index is 13.3. The number of aldehydes is 1. The molecular formula is C26H30N6O2. The highest BCUT2D eigenvalue weighted by Gasteiger charge is 2.22. The van der Waals surface area contributed by atoms with E-state index in [-0.39, 0.29) is 11.7 Å². The maximum Gasteiger partial charge on any atom is 0.329 e. The number of aromatic nitrogens is 6. The Morgan fingerprint density at radius 1 is 1.06 bits per heavy atom. The minimum atomic E-state index is -0.117. The molecule has 1 N–H and O–H groups in total. The van der Waals surface area contributed by atoms with Crippen LogP contribution in [0.25, 0.3) is 22.5 Å². The van der Waals surface area contributed by atoms with Crippen LogP contribution in [-0.2, 0) is 13.0 Å². The normalized spacial score (nSPS) is 12.1. The molecular weight excluding hydrogens is 428 g/mol. The van der Waals surface area contributed by atoms with Crippen molar-refractivity contribution in [1.82, 2.24) is 29.8 Å². The first-order valence-electron chi connectivity index (χ1n) is 11.8. The summed E-state index contributed by atoms with van der Waals surface area (Å²) in [6, 6.07) is 16.0. The van der Waals surface area contributed by atoms with E-state index in [1.165, 1.54) is 0 Å². The number of imidazole rings is 1. The average Bonchev–Trinajstić information content (AvgIpc) is 3.50. The predicted octanol–water partition coefficient (Wildman–Crippen LogP) is 4.67. The molecule has 4 aromatic rings. The van der Waals surface area contributed by atoms with Crippen molar-refractivity contribution < 1.29 is 4.79 Å². The third-order valence-corrected chi connectivity index (χ3v) is 6.35. The highest BCUT2D eigenvalue weighted by molar-refractivity contribution is 5.80. The van der Waals surface area contributed by atoms with E-state index in [4.69, 9.17) is 0 Å². The van der Waals surface area contributed by atoms with Gasteiger partial charge in [0.25, 0.3) is 0 Å². The fourth-order valence-electron chi connectivity index (χ4n) is 4.31. The summed E-state index contributed by atoms with van der Waals surface area (Å²) >= 11 is 0. The van der Waals surface area contributed by atoms with Crippen LogP contribution in [0.2, 0.25) is 0 Å². The number of H-pyrrole nitrogens is 1. The van der Waals surface area contributed by atoms with Crippen molar-refractivity contribution in [2.75, 3.05) is 0 Å². The van der Waals surface area contributed by atoms with Gasteiger partial charge in [0.1, 0.15) is 5.69 Å². The van der Waals surface area contributed by atoms with Crippen LogP contribution >= 0.6 is 0 Å². The molecule has 4 rings (SSSR count). The van der Waals surface area contributed by atoms with Crippen molar-refractivity contribution in [3.05, 3.63) is 76.0 Å². The molecule has 0 spiro atoms. The summed E-state index contributed by atoms with van der Waals surface area (Å²) in [5.41, 5.74) is 5.14. The molecule has 2 heterocycles. The molecule has 1 atom stereocenters. The van der Waals surface area contributed by atoms with E-state index in [2.05, 4.69) is 27.5 Å². The molecule has 0 fully saturated rings. The van der Waals surface area contributed by atoms with E-state index in [1.807, 2.05) is 62.4 Å². The first-order valence-corrected chi connectivity index (χ1v) is 11.8. The van der Waals surface area contributed by atoms with Crippen LogP contribution in [0.1, 0.15) is 67.8 Å². The Kier molecular flexibility index (Phi) is 7.15. The Labute approximate surface area is 198 Å². The number of nitrogens with zero attached hydrogens (tertiary/aromatic N) is 5. The molecule has 2 aromatic carbocycles. The van der Waals surface area contributed by atoms with Crippen LogP contribution in [0.15, 0.2) is 53.3 Å². The molecule has 0 amide bonds. The smallest absolute Gasteiger partial charge is 0.296 e. The first-order chi connectivity index (χ1) is 16.6. The van der Waals surface area contributed by atoms with E-state index in [1.54, 1.807) is 9.13 Å². The Balaban J connectivity index is 1.69. The maximum atomic E-state index is 13.3. The zero-order chi connectivity index (χ0) is 24.1. The minimum absolute atomic E-state index is 0.0293. The lowest BCUT2D eigenvalue weighted by Crippen LogP contribution is -2.28. The molecule has 8 nitrogen and oxygen atoms in total. The monoisotopic (exact) mass is 458 g/mol. The number of carbonyl (C=O) groups is 1. The third kappa shape index (κ3) is 4.48. The number of rotatable bonds is 10. The quantitative estimate of drug-likeness (QED) is 0.348. The molecule has 0 saturated carbocycles. The number of hydrogen-bond donors (Lipinski definition) is 1. The summed E-state index contributed by atoms with van der Waals surface area (Å²) in [6.45, 7) is 6.55. The lowest BCUT2D eigenvalue weighted by Gasteiger charge is -2.10. The molecule has 0 aliphatic rings. The number of aromatic amines is 1. The topological polar surface area (TPSA) is 98.5 Å². The Bertz CT molecular complexity index is 1300. The Morgan fingerprint density at radius 3 is 2.41 bits per heavy atom. The lowest BCUT2D eigenvalue weighted by atomic mass is 9.98. The van der Waals surface area contributed by atoms with Crippen molar-refractivity contribution >= 4 is 6.29 Å². The van der Waals surface area contributed by atoms with Crippen molar-refractivity contribution in [2.24, 2.45) is 0 Å². The highest BCUT2D eigenvalue weighted by atomic mass is 16.2. The molecule has 2 aromatic heterocycles. The molecule has 0 radical (unpaired) electrons. The van der Waals surface area contributed by atoms with Crippen LogP contribution in [0.4, 0.5) is 0 Å². The summed E-state index contributed by atoms with van der Waals surface area (Å²) in [5.74, 6) is 0.541. The van der Waals surface area contributed by atoms with Crippen LogP contribution in [0, 0.1) is 0 Å². The van der Waals surface area contributed by atoms with E-state index in [0.29, 0.717) is 24.5 Å². The van der Waals surface area contributed by atoms with Gasteiger partial charge in [-0.1, -0.05) is 68.8 Å². The van der Waals surface area contributed by atoms with E-state index >= 15 is 0 Å². The van der Waals surface area contributed by atoms with E-state index in [9.17, 15) is 9.59 Å². The van der Waals surface area contributed by atoms with Gasteiger partial charge >= 0.3 is 5.69 Å². The summed E-state index contributed by atoms with van der Waals surface area (Å²) in [6.07, 6.45) is 4.25. The van der Waals surface area contributed by atoms with E-state index in [0.717, 1.165) is 53.5 Å². The standard InChI is InChI=1S/C26H30N6O2/c1-4-6-11-23-24(17-33)32(18(3)5-2)26(34)31(23)16-19-12-14-20(15-13-19)21-9-7-8-10-22(21)25-27-29-30-28-25/h7-10,12-15,17-18H,4-6,11,16H2,1-3H3,(H,27,28,29,30). The van der Waals surface area contributed by atoms with Crippen molar-refractivity contribution in [2.45, 2.75) is 59.0 Å². The number of nitrogens with one attached hydrogen (secondary N) is 1. The summed E-state index contributed by atoms with van der Waals surface area (Å²) < 4.78 is 3.43. The van der Waals surface area contributed by atoms with Gasteiger partial charge in [0.05, 0.1) is 12.2 Å². The second kappa shape index (κ2) is 10.4. The van der Waals surface area contributed by atoms with Crippen molar-refractivity contribution in [3.63, 3.8) is 0 Å². The van der Waals surface area contributed by atoms with Crippen molar-refractivity contribution in [1.29, 1.82) is 0 Å². The molecule has 0 aliphatic carbocycles. The predicted molar refractivity (Wildman–Crippen MR) is 132 cm³/mol. The fourth-order valence-corrected chi connectivity index (χ4v) is 4.31. The molecule has 8 heteroatoms. The molecule has 1 unspecified atom stereocenters. The summed E-state index contributed by atoms with van der Waals surface area (Å²) in [7, 11) is 0. The van der Waals surface area contributed by atoms with Gasteiger partial charge in [-0.2, -0.15) is 5.21 Å². The second-order valence-corrected chi connectivity index (χ2v) is 8.53. The number of benzene rings is 2. The summed E-state index contributed by atoms with van der Waals surface area (Å²) in [4.78, 5) is 25.3. The molecule has 0 saturated heterocycles. The third-order valence-electron chi connectivity index (χ3n) is 6.35. The Morgan fingerprint density at radius 2 is 1.79 bits per heavy atom. The second-order valence-electron chi connectivity index (χ2n) is 8.53. The summed E-state index contributed by atoms with van der Waals surface area (Å²) in [5, 5.41) is 14.4. The minimum Gasteiger partial charge on any atom is -0.296 e. The van der Waals surface area contributed by atoms with Crippen LogP contribution in [-0.4, -0.2) is 36.0 Å². The average molecular weight is 459 g/mol. The van der Waals surface area contributed by atoms with Crippen LogP contribution in [0.3, 0.4) is 0 Å². The highest BCUT2D eigenvalue weighted by Crippen LogP contribution is 2.30. The number of tetrazole rings is 1. The molecule has 176 valence electrons. The number of hydrogen-bond acceptors (Lipinski definition) is 5. The lowest BCUT2D eigenvalue weighted by molar-refractivity contribution is 0.111.